The lowest BCUT2D eigenvalue weighted by atomic mass is 9.95. The van der Waals surface area contributed by atoms with Crippen LogP contribution >= 0.6 is 15.9 Å². The van der Waals surface area contributed by atoms with Gasteiger partial charge >= 0.3 is 0 Å². The van der Waals surface area contributed by atoms with Gasteiger partial charge in [0, 0.05) is 15.9 Å². The lowest BCUT2D eigenvalue weighted by molar-refractivity contribution is -0.122. The van der Waals surface area contributed by atoms with E-state index in [1.807, 2.05) is 19.1 Å². The van der Waals surface area contributed by atoms with Crippen LogP contribution in [0.3, 0.4) is 0 Å². The van der Waals surface area contributed by atoms with Gasteiger partial charge in [-0.15, -0.1) is 0 Å². The molecule has 24 heavy (non-hydrogen) atoms. The van der Waals surface area contributed by atoms with E-state index in [1.165, 1.54) is 11.1 Å². The molecular formula is C18H22BrN3O2. The van der Waals surface area contributed by atoms with Crippen LogP contribution in [0.25, 0.3) is 10.8 Å². The summed E-state index contributed by atoms with van der Waals surface area (Å²) in [5, 5.41) is 8.91. The van der Waals surface area contributed by atoms with Crippen molar-refractivity contribution < 1.29 is 4.79 Å². The van der Waals surface area contributed by atoms with E-state index in [-0.39, 0.29) is 24.1 Å². The van der Waals surface area contributed by atoms with E-state index in [0.717, 1.165) is 41.2 Å². The summed E-state index contributed by atoms with van der Waals surface area (Å²) in [7, 11) is 0. The zero-order valence-electron chi connectivity index (χ0n) is 13.8. The Bertz CT molecular complexity index is 810. The SMILES string of the molecule is CCc1nn(CC(=O)NC2CCCCC2)c(=O)c2ccc(Br)cc12. The smallest absolute Gasteiger partial charge is 0.275 e. The molecule has 0 radical (unpaired) electrons. The number of fused-ring (bicyclic) bond motifs is 1. The van der Waals surface area contributed by atoms with Crippen LogP contribution in [0.5, 0.6) is 0 Å². The number of hydrogen-bond donors (Lipinski definition) is 1. The predicted octanol–water partition coefficient (Wildman–Crippen LogP) is 3.17. The summed E-state index contributed by atoms with van der Waals surface area (Å²) < 4.78 is 2.21. The van der Waals surface area contributed by atoms with E-state index >= 15 is 0 Å². The molecule has 0 saturated heterocycles. The number of aromatic nitrogens is 2. The highest BCUT2D eigenvalue weighted by molar-refractivity contribution is 9.10. The lowest BCUT2D eigenvalue weighted by Crippen LogP contribution is -2.40. The number of aryl methyl sites for hydroxylation is 1. The fourth-order valence-electron chi connectivity index (χ4n) is 3.35. The topological polar surface area (TPSA) is 64.0 Å². The standard InChI is InChI=1S/C18H22BrN3O2/c1-2-16-15-10-12(19)8-9-14(15)18(24)22(21-16)11-17(23)20-13-6-4-3-5-7-13/h8-10,13H,2-7,11H2,1H3,(H,20,23). The van der Waals surface area contributed by atoms with Crippen LogP contribution in [-0.4, -0.2) is 21.7 Å². The minimum Gasteiger partial charge on any atom is -0.352 e. The van der Waals surface area contributed by atoms with E-state index < -0.39 is 0 Å². The van der Waals surface area contributed by atoms with Gasteiger partial charge in [0.1, 0.15) is 6.54 Å². The Morgan fingerprint density at radius 1 is 1.29 bits per heavy atom. The van der Waals surface area contributed by atoms with Gasteiger partial charge in [0.2, 0.25) is 5.91 Å². The van der Waals surface area contributed by atoms with Crippen LogP contribution in [0.2, 0.25) is 0 Å². The Hall–Kier alpha value is -1.69. The molecule has 1 aliphatic carbocycles. The molecule has 2 aromatic rings. The Kier molecular flexibility index (Phi) is 5.33. The van der Waals surface area contributed by atoms with E-state index in [4.69, 9.17) is 0 Å². The molecule has 1 aliphatic rings. The monoisotopic (exact) mass is 391 g/mol. The minimum absolute atomic E-state index is 0.0195. The van der Waals surface area contributed by atoms with Gasteiger partial charge in [0.05, 0.1) is 11.1 Å². The highest BCUT2D eigenvalue weighted by Gasteiger charge is 2.17. The third-order valence-corrected chi connectivity index (χ3v) is 5.09. The summed E-state index contributed by atoms with van der Waals surface area (Å²) in [5.41, 5.74) is 0.616. The molecule has 1 aromatic heterocycles. The number of amides is 1. The molecule has 0 bridgehead atoms. The van der Waals surface area contributed by atoms with Gasteiger partial charge in [0.15, 0.2) is 0 Å². The maximum Gasteiger partial charge on any atom is 0.275 e. The maximum absolute atomic E-state index is 12.6. The maximum atomic E-state index is 12.6. The largest absolute Gasteiger partial charge is 0.352 e. The van der Waals surface area contributed by atoms with Crippen LogP contribution < -0.4 is 10.9 Å². The van der Waals surface area contributed by atoms with E-state index in [2.05, 4.69) is 26.3 Å². The van der Waals surface area contributed by atoms with Crippen LogP contribution in [0.4, 0.5) is 0 Å². The van der Waals surface area contributed by atoms with Crippen molar-refractivity contribution in [3.05, 3.63) is 38.7 Å². The summed E-state index contributed by atoms with van der Waals surface area (Å²) >= 11 is 3.43. The highest BCUT2D eigenvalue weighted by Crippen LogP contribution is 2.20. The fourth-order valence-corrected chi connectivity index (χ4v) is 3.71. The van der Waals surface area contributed by atoms with Crippen molar-refractivity contribution in [2.45, 2.75) is 58.0 Å². The van der Waals surface area contributed by atoms with Crippen LogP contribution in [0, 0.1) is 0 Å². The molecule has 0 atom stereocenters. The normalized spacial score (nSPS) is 15.6. The molecule has 1 aromatic carbocycles. The van der Waals surface area contributed by atoms with E-state index in [1.54, 1.807) is 6.07 Å². The average Bonchev–Trinajstić information content (AvgIpc) is 2.58. The average molecular weight is 392 g/mol. The summed E-state index contributed by atoms with van der Waals surface area (Å²) in [6.45, 7) is 1.98. The van der Waals surface area contributed by atoms with Crippen LogP contribution in [0.15, 0.2) is 27.5 Å². The van der Waals surface area contributed by atoms with Crippen molar-refractivity contribution in [2.75, 3.05) is 0 Å². The number of carbonyl (C=O) groups excluding carboxylic acids is 1. The summed E-state index contributed by atoms with van der Waals surface area (Å²) in [5.74, 6) is -0.130. The summed E-state index contributed by atoms with van der Waals surface area (Å²) in [6.07, 6.45) is 6.33. The molecule has 5 nitrogen and oxygen atoms in total. The zero-order valence-corrected chi connectivity index (χ0v) is 15.4. The van der Waals surface area contributed by atoms with Gasteiger partial charge < -0.3 is 5.32 Å². The number of hydrogen-bond acceptors (Lipinski definition) is 3. The molecule has 0 aliphatic heterocycles. The first-order chi connectivity index (χ1) is 11.6. The quantitative estimate of drug-likeness (QED) is 0.870. The number of halogens is 1. The van der Waals surface area contributed by atoms with Gasteiger partial charge in [-0.25, -0.2) is 4.68 Å². The summed E-state index contributed by atoms with van der Waals surface area (Å²) in [6, 6.07) is 5.78. The Morgan fingerprint density at radius 3 is 2.75 bits per heavy atom. The van der Waals surface area contributed by atoms with Crippen LogP contribution in [-0.2, 0) is 17.8 Å². The highest BCUT2D eigenvalue weighted by atomic mass is 79.9. The molecule has 1 heterocycles. The van der Waals surface area contributed by atoms with Crippen molar-refractivity contribution in [3.8, 4) is 0 Å². The molecule has 1 fully saturated rings. The van der Waals surface area contributed by atoms with Crippen molar-refractivity contribution in [3.63, 3.8) is 0 Å². The third-order valence-electron chi connectivity index (χ3n) is 4.60. The van der Waals surface area contributed by atoms with Gasteiger partial charge in [-0.3, -0.25) is 9.59 Å². The Morgan fingerprint density at radius 2 is 2.04 bits per heavy atom. The Labute approximate surface area is 149 Å². The number of nitrogens with zero attached hydrogens (tertiary/aromatic N) is 2. The number of carbonyl (C=O) groups is 1. The first-order valence-corrected chi connectivity index (χ1v) is 9.36. The third kappa shape index (κ3) is 3.69. The predicted molar refractivity (Wildman–Crippen MR) is 98.1 cm³/mol. The first kappa shape index (κ1) is 17.1. The van der Waals surface area contributed by atoms with Gasteiger partial charge in [-0.1, -0.05) is 42.1 Å². The second kappa shape index (κ2) is 7.47. The van der Waals surface area contributed by atoms with Gasteiger partial charge in [-0.05, 0) is 37.5 Å². The van der Waals surface area contributed by atoms with Gasteiger partial charge in [-0.2, -0.15) is 5.10 Å². The van der Waals surface area contributed by atoms with Gasteiger partial charge in [0.25, 0.3) is 5.56 Å². The van der Waals surface area contributed by atoms with Crippen molar-refractivity contribution >= 4 is 32.6 Å². The lowest BCUT2D eigenvalue weighted by Gasteiger charge is -2.22. The van der Waals surface area contributed by atoms with Crippen LogP contribution in [0.1, 0.15) is 44.7 Å². The van der Waals surface area contributed by atoms with Crippen molar-refractivity contribution in [1.29, 1.82) is 0 Å². The number of benzene rings is 1. The number of rotatable bonds is 4. The van der Waals surface area contributed by atoms with Crippen molar-refractivity contribution in [1.82, 2.24) is 15.1 Å². The molecule has 1 saturated carbocycles. The van der Waals surface area contributed by atoms with E-state index in [0.29, 0.717) is 11.8 Å². The summed E-state index contributed by atoms with van der Waals surface area (Å²) in [4.78, 5) is 24.9. The molecule has 0 unspecified atom stereocenters. The van der Waals surface area contributed by atoms with E-state index in [9.17, 15) is 9.59 Å². The second-order valence-electron chi connectivity index (χ2n) is 6.36. The fraction of sp³-hybridized carbons (Fsp3) is 0.500. The number of nitrogens with one attached hydrogen (secondary N) is 1. The molecule has 3 rings (SSSR count). The van der Waals surface area contributed by atoms with Crippen molar-refractivity contribution in [2.24, 2.45) is 0 Å². The molecule has 0 spiro atoms. The molecule has 1 amide bonds. The first-order valence-electron chi connectivity index (χ1n) is 8.57. The Balaban J connectivity index is 1.86. The molecule has 128 valence electrons. The zero-order chi connectivity index (χ0) is 17.1. The second-order valence-corrected chi connectivity index (χ2v) is 7.27. The molecule has 6 heteroatoms. The molecule has 1 N–H and O–H groups in total. The molecular weight excluding hydrogens is 370 g/mol. The minimum atomic E-state index is -0.214.